The number of nitrogens with one attached hydrogen (secondary N) is 1. The fourth-order valence-corrected chi connectivity index (χ4v) is 2.02. The second-order valence-corrected chi connectivity index (χ2v) is 5.22. The van der Waals surface area contributed by atoms with E-state index in [2.05, 4.69) is 10.3 Å². The molecule has 0 fully saturated rings. The fraction of sp³-hybridized carbons (Fsp3) is 0.0769. The monoisotopic (exact) mass is 311 g/mol. The molecule has 2 aromatic rings. The highest BCUT2D eigenvalue weighted by Crippen LogP contribution is 2.27. The molecule has 2 rings (SSSR count). The third-order valence-corrected chi connectivity index (χ3v) is 3.44. The van der Waals surface area contributed by atoms with Gasteiger partial charge in [-0.2, -0.15) is 0 Å². The summed E-state index contributed by atoms with van der Waals surface area (Å²) in [5, 5.41) is 4.11. The second-order valence-electron chi connectivity index (χ2n) is 3.97. The zero-order valence-corrected chi connectivity index (χ0v) is 12.4. The van der Waals surface area contributed by atoms with Crippen molar-refractivity contribution >= 4 is 51.9 Å². The molecule has 0 radical (unpaired) electrons. The van der Waals surface area contributed by atoms with Crippen molar-refractivity contribution in [1.29, 1.82) is 0 Å². The Kier molecular flexibility index (Phi) is 4.24. The Morgan fingerprint density at radius 2 is 1.95 bits per heavy atom. The number of nitrogens with zero attached hydrogens (tertiary/aromatic N) is 1. The van der Waals surface area contributed by atoms with Gasteiger partial charge in [0.25, 0.3) is 0 Å². The van der Waals surface area contributed by atoms with E-state index in [1.54, 1.807) is 12.1 Å². The lowest BCUT2D eigenvalue weighted by Crippen LogP contribution is -2.13. The molecule has 1 heterocycles. The van der Waals surface area contributed by atoms with Crippen molar-refractivity contribution in [2.75, 3.05) is 5.32 Å². The number of hydrogen-bond donors (Lipinski definition) is 2. The SMILES string of the molecule is Cc1ccc(C(N)=S)c(Nc2ccc(Cl)c(Cl)c2)n1. The zero-order valence-electron chi connectivity index (χ0n) is 10.1. The topological polar surface area (TPSA) is 50.9 Å². The van der Waals surface area contributed by atoms with Gasteiger partial charge in [-0.15, -0.1) is 0 Å². The minimum absolute atomic E-state index is 0.287. The third kappa shape index (κ3) is 3.35. The first-order valence-electron chi connectivity index (χ1n) is 5.47. The average Bonchev–Trinajstić information content (AvgIpc) is 2.33. The predicted octanol–water partition coefficient (Wildman–Crippen LogP) is 4.07. The molecule has 0 saturated carbocycles. The van der Waals surface area contributed by atoms with Gasteiger partial charge in [-0.25, -0.2) is 4.98 Å². The molecule has 0 saturated heterocycles. The van der Waals surface area contributed by atoms with E-state index in [4.69, 9.17) is 41.2 Å². The maximum absolute atomic E-state index is 5.97. The van der Waals surface area contributed by atoms with Crippen molar-refractivity contribution in [2.24, 2.45) is 5.73 Å². The maximum atomic E-state index is 5.97. The number of anilines is 2. The van der Waals surface area contributed by atoms with Crippen LogP contribution < -0.4 is 11.1 Å². The van der Waals surface area contributed by atoms with Crippen molar-refractivity contribution in [1.82, 2.24) is 4.98 Å². The van der Waals surface area contributed by atoms with Crippen molar-refractivity contribution in [3.8, 4) is 0 Å². The van der Waals surface area contributed by atoms with Gasteiger partial charge in [-0.05, 0) is 37.3 Å². The van der Waals surface area contributed by atoms with E-state index in [0.717, 1.165) is 11.4 Å². The van der Waals surface area contributed by atoms with Gasteiger partial charge >= 0.3 is 0 Å². The van der Waals surface area contributed by atoms with Crippen molar-refractivity contribution in [3.05, 3.63) is 51.6 Å². The van der Waals surface area contributed by atoms with E-state index in [1.807, 2.05) is 25.1 Å². The molecule has 3 N–H and O–H groups in total. The number of benzene rings is 1. The molecule has 3 nitrogen and oxygen atoms in total. The van der Waals surface area contributed by atoms with E-state index in [-0.39, 0.29) is 4.99 Å². The number of pyridine rings is 1. The number of halogens is 2. The Balaban J connectivity index is 2.39. The van der Waals surface area contributed by atoms with Gasteiger partial charge < -0.3 is 11.1 Å². The van der Waals surface area contributed by atoms with Gasteiger partial charge in [0.15, 0.2) is 0 Å². The number of aromatic nitrogens is 1. The quantitative estimate of drug-likeness (QED) is 0.839. The molecule has 1 aromatic carbocycles. The lowest BCUT2D eigenvalue weighted by molar-refractivity contribution is 1.19. The molecule has 0 aliphatic rings. The Morgan fingerprint density at radius 1 is 1.21 bits per heavy atom. The lowest BCUT2D eigenvalue weighted by Gasteiger charge is -2.11. The largest absolute Gasteiger partial charge is 0.389 e. The van der Waals surface area contributed by atoms with Gasteiger partial charge in [0.05, 0.1) is 15.6 Å². The van der Waals surface area contributed by atoms with Crippen LogP contribution in [0.3, 0.4) is 0 Å². The van der Waals surface area contributed by atoms with Crippen LogP contribution in [0.15, 0.2) is 30.3 Å². The number of rotatable bonds is 3. The number of thiocarbonyl (C=S) groups is 1. The van der Waals surface area contributed by atoms with Crippen LogP contribution in [0.2, 0.25) is 10.0 Å². The summed E-state index contributed by atoms with van der Waals surface area (Å²) in [5.41, 5.74) is 8.00. The zero-order chi connectivity index (χ0) is 14.0. The van der Waals surface area contributed by atoms with Gasteiger partial charge in [0, 0.05) is 11.4 Å². The van der Waals surface area contributed by atoms with Crippen LogP contribution in [0.4, 0.5) is 11.5 Å². The van der Waals surface area contributed by atoms with Crippen molar-refractivity contribution in [2.45, 2.75) is 6.92 Å². The molecule has 0 aliphatic carbocycles. The van der Waals surface area contributed by atoms with Crippen LogP contribution in [0, 0.1) is 6.92 Å². The average molecular weight is 312 g/mol. The van der Waals surface area contributed by atoms with Gasteiger partial charge in [-0.3, -0.25) is 0 Å². The van der Waals surface area contributed by atoms with Crippen LogP contribution >= 0.6 is 35.4 Å². The molecular weight excluding hydrogens is 301 g/mol. The van der Waals surface area contributed by atoms with Crippen LogP contribution in [0.25, 0.3) is 0 Å². The van der Waals surface area contributed by atoms with Gasteiger partial charge in [-0.1, -0.05) is 35.4 Å². The van der Waals surface area contributed by atoms with Crippen LogP contribution in [0.1, 0.15) is 11.3 Å². The first-order valence-corrected chi connectivity index (χ1v) is 6.63. The lowest BCUT2D eigenvalue weighted by atomic mass is 10.2. The van der Waals surface area contributed by atoms with Gasteiger partial charge in [0.1, 0.15) is 10.8 Å². The summed E-state index contributed by atoms with van der Waals surface area (Å²) >= 11 is 16.9. The van der Waals surface area contributed by atoms with Crippen molar-refractivity contribution in [3.63, 3.8) is 0 Å². The molecule has 0 bridgehead atoms. The molecule has 98 valence electrons. The second kappa shape index (κ2) is 5.74. The van der Waals surface area contributed by atoms with Crippen LogP contribution in [0.5, 0.6) is 0 Å². The molecule has 0 amide bonds. The molecule has 6 heteroatoms. The first kappa shape index (κ1) is 14.1. The van der Waals surface area contributed by atoms with E-state index in [0.29, 0.717) is 21.4 Å². The van der Waals surface area contributed by atoms with E-state index in [9.17, 15) is 0 Å². The number of aryl methyl sites for hydroxylation is 1. The highest BCUT2D eigenvalue weighted by Gasteiger charge is 2.08. The Morgan fingerprint density at radius 3 is 2.58 bits per heavy atom. The standard InChI is InChI=1S/C13H11Cl2N3S/c1-7-2-4-9(12(16)19)13(17-7)18-8-3-5-10(14)11(15)6-8/h2-6H,1H3,(H2,16,19)(H,17,18). The molecule has 0 aliphatic heterocycles. The summed E-state index contributed by atoms with van der Waals surface area (Å²) in [6.45, 7) is 1.89. The normalized spacial score (nSPS) is 10.3. The maximum Gasteiger partial charge on any atom is 0.140 e. The van der Waals surface area contributed by atoms with E-state index in [1.165, 1.54) is 0 Å². The van der Waals surface area contributed by atoms with Crippen LogP contribution in [-0.2, 0) is 0 Å². The summed E-state index contributed by atoms with van der Waals surface area (Å²) in [6.07, 6.45) is 0. The summed E-state index contributed by atoms with van der Waals surface area (Å²) in [4.78, 5) is 4.67. The number of nitrogens with two attached hydrogens (primary N) is 1. The molecular formula is C13H11Cl2N3S. The van der Waals surface area contributed by atoms with E-state index >= 15 is 0 Å². The Labute approximate surface area is 126 Å². The summed E-state index contributed by atoms with van der Waals surface area (Å²) in [7, 11) is 0. The smallest absolute Gasteiger partial charge is 0.140 e. The minimum Gasteiger partial charge on any atom is -0.389 e. The fourth-order valence-electron chi connectivity index (χ4n) is 1.56. The third-order valence-electron chi connectivity index (χ3n) is 2.48. The summed E-state index contributed by atoms with van der Waals surface area (Å²) < 4.78 is 0. The van der Waals surface area contributed by atoms with E-state index < -0.39 is 0 Å². The minimum atomic E-state index is 0.287. The first-order chi connectivity index (χ1) is 8.97. The van der Waals surface area contributed by atoms with Gasteiger partial charge in [0.2, 0.25) is 0 Å². The summed E-state index contributed by atoms with van der Waals surface area (Å²) in [6, 6.07) is 8.93. The number of hydrogen-bond acceptors (Lipinski definition) is 3. The van der Waals surface area contributed by atoms with Crippen molar-refractivity contribution < 1.29 is 0 Å². The molecule has 0 spiro atoms. The summed E-state index contributed by atoms with van der Waals surface area (Å²) in [5.74, 6) is 0.603. The highest BCUT2D eigenvalue weighted by molar-refractivity contribution is 7.80. The van der Waals surface area contributed by atoms with Crippen LogP contribution in [-0.4, -0.2) is 9.97 Å². The predicted molar refractivity (Wildman–Crippen MR) is 84.6 cm³/mol. The molecule has 0 unspecified atom stereocenters. The highest BCUT2D eigenvalue weighted by atomic mass is 35.5. The molecule has 19 heavy (non-hydrogen) atoms. The molecule has 0 atom stereocenters. The molecule has 1 aromatic heterocycles. The Bertz CT molecular complexity index is 644. The Hall–Kier alpha value is -1.36.